The Bertz CT molecular complexity index is 465. The molecule has 1 aliphatic heterocycles. The molecule has 1 saturated heterocycles. The molecule has 0 N–H and O–H groups in total. The first kappa shape index (κ1) is 20.0. The van der Waals surface area contributed by atoms with Gasteiger partial charge >= 0.3 is 18.9 Å². The second-order valence-electron chi connectivity index (χ2n) is 7.62. The fourth-order valence-corrected chi connectivity index (χ4v) is 3.34. The first-order chi connectivity index (χ1) is 9.52. The quantitative estimate of drug-likeness (QED) is 0.620. The summed E-state index contributed by atoms with van der Waals surface area (Å²) < 4.78 is 23.7. The van der Waals surface area contributed by atoms with E-state index in [1.165, 1.54) is 0 Å². The Kier molecular flexibility index (Phi) is 6.23. The van der Waals surface area contributed by atoms with Crippen LogP contribution in [0.2, 0.25) is 18.1 Å². The second-order valence-corrected chi connectivity index (χ2v) is 12.4. The van der Waals surface area contributed by atoms with Crippen molar-refractivity contribution in [3.05, 3.63) is 24.2 Å². The Labute approximate surface area is 147 Å². The predicted octanol–water partition coefficient (Wildman–Crippen LogP) is 1.30. The molecule has 4 nitrogen and oxygen atoms in total. The van der Waals surface area contributed by atoms with Gasteiger partial charge in [-0.25, -0.2) is 0 Å². The van der Waals surface area contributed by atoms with E-state index >= 15 is 0 Å². The fraction of sp³-hybridized carbons (Fsp3) is 0.750. The molecule has 2 atom stereocenters. The molecule has 2 rings (SSSR count). The van der Waals surface area contributed by atoms with Gasteiger partial charge in [0, 0.05) is 0 Å². The maximum Gasteiger partial charge on any atom is 1.00 e. The second kappa shape index (κ2) is 6.84. The maximum atomic E-state index is 6.54. The molecule has 0 bridgehead atoms. The minimum absolute atomic E-state index is 0. The monoisotopic (exact) mass is 318 g/mol. The fourth-order valence-electron chi connectivity index (χ4n) is 2.08. The largest absolute Gasteiger partial charge is 1.00 e. The summed E-state index contributed by atoms with van der Waals surface area (Å²) in [5, 5.41) is 0.122. The van der Waals surface area contributed by atoms with Gasteiger partial charge in [-0.15, -0.1) is 6.07 Å². The summed E-state index contributed by atoms with van der Waals surface area (Å²) in [5.74, 6) is 0.182. The van der Waals surface area contributed by atoms with E-state index in [1.807, 2.05) is 19.9 Å². The summed E-state index contributed by atoms with van der Waals surface area (Å²) in [7, 11) is -1.95. The molecule has 1 fully saturated rings. The zero-order chi connectivity index (χ0) is 15.9. The van der Waals surface area contributed by atoms with Crippen molar-refractivity contribution in [2.75, 3.05) is 6.61 Å². The molecule has 1 aromatic rings. The molecule has 0 spiro atoms. The summed E-state index contributed by atoms with van der Waals surface area (Å²) in [6, 6.07) is 3.66. The van der Waals surface area contributed by atoms with Crippen molar-refractivity contribution in [3.63, 3.8) is 0 Å². The molecule has 2 heterocycles. The van der Waals surface area contributed by atoms with E-state index in [0.717, 1.165) is 5.76 Å². The molecule has 1 unspecified atom stereocenters. The van der Waals surface area contributed by atoms with Crippen molar-refractivity contribution < 1.29 is 37.2 Å². The average Bonchev–Trinajstić information content (AvgIpc) is 2.93. The van der Waals surface area contributed by atoms with Crippen molar-refractivity contribution in [1.29, 1.82) is 0 Å². The van der Waals surface area contributed by atoms with Crippen LogP contribution in [0.3, 0.4) is 0 Å². The van der Waals surface area contributed by atoms with E-state index in [0.29, 0.717) is 6.61 Å². The third-order valence-corrected chi connectivity index (χ3v) is 8.82. The minimum Gasteiger partial charge on any atom is -0.593 e. The van der Waals surface area contributed by atoms with E-state index in [2.05, 4.69) is 40.1 Å². The number of rotatable bonds is 4. The Morgan fingerprint density at radius 3 is 2.41 bits per heavy atom. The summed E-state index contributed by atoms with van der Waals surface area (Å²) in [4.78, 5) is 0. The maximum absolute atomic E-state index is 6.54. The van der Waals surface area contributed by atoms with Gasteiger partial charge in [-0.1, -0.05) is 20.8 Å². The van der Waals surface area contributed by atoms with Gasteiger partial charge in [-0.3, -0.25) is 0 Å². The van der Waals surface area contributed by atoms with Crippen LogP contribution in [0.25, 0.3) is 0 Å². The SMILES string of the molecule is CC1(C)OCC([C@@H](O[Si](C)(C)C(C)(C)C)c2cc[c-]o2)O1.[Li+]. The molecule has 0 amide bonds. The van der Waals surface area contributed by atoms with Crippen LogP contribution in [0, 0.1) is 6.26 Å². The zero-order valence-electron chi connectivity index (χ0n) is 15.1. The average molecular weight is 318 g/mol. The third kappa shape index (κ3) is 4.50. The van der Waals surface area contributed by atoms with Crippen molar-refractivity contribution in [2.45, 2.75) is 70.7 Å². The van der Waals surface area contributed by atoms with Crippen molar-refractivity contribution in [2.24, 2.45) is 0 Å². The molecule has 0 radical (unpaired) electrons. The standard InChI is InChI=1S/C16H27O4Si.Li/c1-15(2,3)21(6,7)20-14(12-9-8-10-17-12)13-11-18-16(4,5)19-13;/h8-9,13-14H,11H2,1-7H3;/q-1;+1/t13?,14-;/m0./s1. The van der Waals surface area contributed by atoms with Crippen LogP contribution < -0.4 is 18.9 Å². The van der Waals surface area contributed by atoms with E-state index in [1.54, 1.807) is 6.07 Å². The molecule has 0 aliphatic carbocycles. The number of hydrogen-bond donors (Lipinski definition) is 0. The summed E-state index contributed by atoms with van der Waals surface area (Å²) in [6.45, 7) is 15.5. The van der Waals surface area contributed by atoms with Crippen LogP contribution in [-0.4, -0.2) is 26.8 Å². The van der Waals surface area contributed by atoms with Gasteiger partial charge in [0.15, 0.2) is 14.1 Å². The van der Waals surface area contributed by atoms with E-state index < -0.39 is 14.1 Å². The first-order valence-electron chi connectivity index (χ1n) is 7.47. The molecule has 0 aromatic carbocycles. The van der Waals surface area contributed by atoms with Crippen LogP contribution >= 0.6 is 0 Å². The van der Waals surface area contributed by atoms with Crippen LogP contribution in [0.15, 0.2) is 16.5 Å². The molecular weight excluding hydrogens is 291 g/mol. The smallest absolute Gasteiger partial charge is 0.593 e. The normalized spacial score (nSPS) is 23.1. The van der Waals surface area contributed by atoms with Crippen LogP contribution in [0.4, 0.5) is 0 Å². The molecule has 1 aromatic heterocycles. The third-order valence-electron chi connectivity index (χ3n) is 4.37. The summed E-state index contributed by atoms with van der Waals surface area (Å²) >= 11 is 0. The van der Waals surface area contributed by atoms with Gasteiger partial charge in [0.1, 0.15) is 6.10 Å². The van der Waals surface area contributed by atoms with Crippen LogP contribution in [0.5, 0.6) is 0 Å². The topological polar surface area (TPSA) is 40.8 Å². The first-order valence-corrected chi connectivity index (χ1v) is 10.4. The van der Waals surface area contributed by atoms with Crippen molar-refractivity contribution in [3.8, 4) is 0 Å². The van der Waals surface area contributed by atoms with Gasteiger partial charge in [-0.05, 0) is 44.0 Å². The molecular formula is C16H27LiO4Si. The van der Waals surface area contributed by atoms with Gasteiger partial charge in [-0.2, -0.15) is 6.07 Å². The molecule has 6 heteroatoms. The van der Waals surface area contributed by atoms with E-state index in [9.17, 15) is 0 Å². The number of ether oxygens (including phenoxy) is 2. The van der Waals surface area contributed by atoms with Crippen molar-refractivity contribution >= 4 is 8.32 Å². The van der Waals surface area contributed by atoms with Gasteiger partial charge < -0.3 is 18.3 Å². The van der Waals surface area contributed by atoms with E-state index in [-0.39, 0.29) is 36.1 Å². The predicted molar refractivity (Wildman–Crippen MR) is 83.5 cm³/mol. The van der Waals surface area contributed by atoms with Crippen molar-refractivity contribution in [1.82, 2.24) is 0 Å². The van der Waals surface area contributed by atoms with Gasteiger partial charge in [0.05, 0.1) is 12.7 Å². The zero-order valence-corrected chi connectivity index (χ0v) is 16.1. The minimum atomic E-state index is -1.95. The molecule has 1 aliphatic rings. The summed E-state index contributed by atoms with van der Waals surface area (Å²) in [5.41, 5.74) is 0. The Morgan fingerprint density at radius 1 is 1.36 bits per heavy atom. The van der Waals surface area contributed by atoms with Gasteiger partial charge in [0.25, 0.3) is 0 Å². The molecule has 0 saturated carbocycles. The molecule has 120 valence electrons. The van der Waals surface area contributed by atoms with Crippen LogP contribution in [0.1, 0.15) is 46.5 Å². The Hall–Kier alpha value is -0.0257. The van der Waals surface area contributed by atoms with E-state index in [4.69, 9.17) is 18.3 Å². The van der Waals surface area contributed by atoms with Gasteiger partial charge in [0.2, 0.25) is 0 Å². The molecule has 22 heavy (non-hydrogen) atoms. The Morgan fingerprint density at radius 2 is 2.00 bits per heavy atom. The number of hydrogen-bond acceptors (Lipinski definition) is 4. The van der Waals surface area contributed by atoms with Crippen LogP contribution in [-0.2, 0) is 13.9 Å². The Balaban J connectivity index is 0.00000242. The summed E-state index contributed by atoms with van der Waals surface area (Å²) in [6.07, 6.45) is 2.33. The number of furan rings is 1.